The minimum Gasteiger partial charge on any atom is -0.481 e. The van der Waals surface area contributed by atoms with Gasteiger partial charge in [0.25, 0.3) is 0 Å². The molecule has 2 rings (SSSR count). The van der Waals surface area contributed by atoms with Crippen molar-refractivity contribution >= 4 is 35.3 Å². The highest BCUT2D eigenvalue weighted by Gasteiger charge is 2.44. The van der Waals surface area contributed by atoms with E-state index in [4.69, 9.17) is 9.84 Å². The van der Waals surface area contributed by atoms with Gasteiger partial charge < -0.3 is 46.2 Å². The number of para-hydroxylation sites is 1. The van der Waals surface area contributed by atoms with E-state index < -0.39 is 73.2 Å². The molecule has 14 nitrogen and oxygen atoms in total. The molecular weight excluding hydrogens is 506 g/mol. The van der Waals surface area contributed by atoms with Crippen LogP contribution in [-0.4, -0.2) is 98.3 Å². The molecule has 0 spiro atoms. The Morgan fingerprint density at radius 3 is 2.13 bits per heavy atom. The Morgan fingerprint density at radius 1 is 0.868 bits per heavy atom. The maximum atomic E-state index is 12.3. The van der Waals surface area contributed by atoms with Gasteiger partial charge in [0.15, 0.2) is 0 Å². The van der Waals surface area contributed by atoms with E-state index in [1.54, 1.807) is 12.1 Å². The minimum atomic E-state index is -1.73. The van der Waals surface area contributed by atoms with E-state index in [2.05, 4.69) is 16.0 Å². The number of hydrogen-bond acceptors (Lipinski definition) is 9. The fourth-order valence-electron chi connectivity index (χ4n) is 3.78. The molecule has 0 saturated carbocycles. The van der Waals surface area contributed by atoms with Gasteiger partial charge in [-0.2, -0.15) is 0 Å². The zero-order chi connectivity index (χ0) is 28.4. The normalized spacial score (nSPS) is 23.6. The van der Waals surface area contributed by atoms with Crippen LogP contribution in [0.15, 0.2) is 24.3 Å². The SMILES string of the molecule is Cc1ccccc1NC(=O)CCC(=O)NC[C@H]1O[C@@H](CC(=O)N[C@@H](CCC(=O)O)C(=O)O)[C@@H](O)[C@@H](O)[C@@H]1O. The first-order chi connectivity index (χ1) is 17.9. The second kappa shape index (κ2) is 14.4. The van der Waals surface area contributed by atoms with Crippen LogP contribution in [-0.2, 0) is 28.7 Å². The lowest BCUT2D eigenvalue weighted by Crippen LogP contribution is -2.60. The van der Waals surface area contributed by atoms with Crippen molar-refractivity contribution in [3.63, 3.8) is 0 Å². The number of carboxylic acids is 2. The average Bonchev–Trinajstić information content (AvgIpc) is 2.86. The van der Waals surface area contributed by atoms with Crippen LogP contribution in [0.2, 0.25) is 0 Å². The number of amides is 3. The Balaban J connectivity index is 1.86. The van der Waals surface area contributed by atoms with Crippen LogP contribution in [0.3, 0.4) is 0 Å². The number of aliphatic hydroxyl groups excluding tert-OH is 3. The lowest BCUT2D eigenvalue weighted by molar-refractivity contribution is -0.221. The van der Waals surface area contributed by atoms with E-state index >= 15 is 0 Å². The second-order valence-corrected chi connectivity index (χ2v) is 8.95. The summed E-state index contributed by atoms with van der Waals surface area (Å²) in [5, 5.41) is 55.8. The number of aliphatic carboxylic acids is 2. The van der Waals surface area contributed by atoms with Crippen molar-refractivity contribution in [2.45, 2.75) is 75.6 Å². The van der Waals surface area contributed by atoms with Gasteiger partial charge in [0, 0.05) is 31.5 Å². The Bertz CT molecular complexity index is 1020. The molecule has 0 unspecified atom stereocenters. The molecule has 8 N–H and O–H groups in total. The zero-order valence-electron chi connectivity index (χ0n) is 20.7. The number of carbonyl (C=O) groups is 5. The number of aliphatic hydroxyl groups is 3. The molecule has 1 fully saturated rings. The van der Waals surface area contributed by atoms with Gasteiger partial charge in [0.2, 0.25) is 17.7 Å². The highest BCUT2D eigenvalue weighted by Crippen LogP contribution is 2.23. The Morgan fingerprint density at radius 2 is 1.50 bits per heavy atom. The number of benzene rings is 1. The van der Waals surface area contributed by atoms with E-state index in [9.17, 15) is 44.4 Å². The third kappa shape index (κ3) is 9.37. The standard InChI is InChI=1S/C24H33N3O11/c1-12-4-2-3-5-13(12)26-18(29)8-7-17(28)25-11-16-22(34)23(35)21(33)15(38-16)10-19(30)27-14(24(36)37)6-9-20(31)32/h2-5,14-16,21-23,33-35H,6-11H2,1H3,(H,25,28)(H,26,29)(H,27,30)(H,31,32)(H,36,37)/t14-,15-,16+,21+,22+,23+/m0/s1. The number of aryl methyl sites for hydroxylation is 1. The number of nitrogens with one attached hydrogen (secondary N) is 3. The summed E-state index contributed by atoms with van der Waals surface area (Å²) in [5.41, 5.74) is 1.48. The first-order valence-corrected chi connectivity index (χ1v) is 11.9. The van der Waals surface area contributed by atoms with Gasteiger partial charge >= 0.3 is 11.9 Å². The summed E-state index contributed by atoms with van der Waals surface area (Å²) in [4.78, 5) is 58.6. The summed E-state index contributed by atoms with van der Waals surface area (Å²) >= 11 is 0. The van der Waals surface area contributed by atoms with Gasteiger partial charge in [-0.1, -0.05) is 18.2 Å². The molecule has 0 aliphatic carbocycles. The number of hydrogen-bond donors (Lipinski definition) is 8. The molecule has 1 aromatic rings. The molecule has 1 aliphatic rings. The van der Waals surface area contributed by atoms with Crippen LogP contribution in [0.4, 0.5) is 5.69 Å². The maximum absolute atomic E-state index is 12.3. The van der Waals surface area contributed by atoms with Crippen molar-refractivity contribution in [2.24, 2.45) is 0 Å². The molecule has 0 bridgehead atoms. The lowest BCUT2D eigenvalue weighted by Gasteiger charge is -2.40. The summed E-state index contributed by atoms with van der Waals surface area (Å²) in [6.45, 7) is 1.52. The number of anilines is 1. The second-order valence-electron chi connectivity index (χ2n) is 8.95. The van der Waals surface area contributed by atoms with E-state index in [1.807, 2.05) is 19.1 Å². The van der Waals surface area contributed by atoms with Crippen molar-refractivity contribution in [3.8, 4) is 0 Å². The van der Waals surface area contributed by atoms with Crippen molar-refractivity contribution in [1.82, 2.24) is 10.6 Å². The van der Waals surface area contributed by atoms with Gasteiger partial charge in [-0.15, -0.1) is 0 Å². The quantitative estimate of drug-likeness (QED) is 0.144. The molecule has 6 atom stereocenters. The van der Waals surface area contributed by atoms with Gasteiger partial charge in [-0.25, -0.2) is 4.79 Å². The zero-order valence-corrected chi connectivity index (χ0v) is 20.7. The maximum Gasteiger partial charge on any atom is 0.326 e. The topological polar surface area (TPSA) is 232 Å². The molecular formula is C24H33N3O11. The minimum absolute atomic E-state index is 0.120. The summed E-state index contributed by atoms with van der Waals surface area (Å²) in [7, 11) is 0. The van der Waals surface area contributed by atoms with Gasteiger partial charge in [-0.05, 0) is 25.0 Å². The molecule has 0 radical (unpaired) electrons. The van der Waals surface area contributed by atoms with Crippen molar-refractivity contribution in [3.05, 3.63) is 29.8 Å². The fourth-order valence-corrected chi connectivity index (χ4v) is 3.78. The molecule has 1 heterocycles. The lowest BCUT2D eigenvalue weighted by atomic mass is 9.93. The fraction of sp³-hybridized carbons (Fsp3) is 0.542. The van der Waals surface area contributed by atoms with Crippen molar-refractivity contribution < 1.29 is 54.2 Å². The largest absolute Gasteiger partial charge is 0.481 e. The highest BCUT2D eigenvalue weighted by molar-refractivity contribution is 5.93. The van der Waals surface area contributed by atoms with Crippen LogP contribution in [0, 0.1) is 6.92 Å². The van der Waals surface area contributed by atoms with E-state index in [1.165, 1.54) is 0 Å². The average molecular weight is 540 g/mol. The third-order valence-corrected chi connectivity index (χ3v) is 5.98. The number of ether oxygens (including phenoxy) is 1. The molecule has 3 amide bonds. The van der Waals surface area contributed by atoms with E-state index in [0.29, 0.717) is 5.69 Å². The van der Waals surface area contributed by atoms with Gasteiger partial charge in [0.05, 0.1) is 12.5 Å². The highest BCUT2D eigenvalue weighted by atomic mass is 16.5. The van der Waals surface area contributed by atoms with Crippen LogP contribution in [0.5, 0.6) is 0 Å². The van der Waals surface area contributed by atoms with Gasteiger partial charge in [0.1, 0.15) is 30.5 Å². The number of carboxylic acid groups (broad SMARTS) is 2. The predicted molar refractivity (Wildman–Crippen MR) is 130 cm³/mol. The summed E-state index contributed by atoms with van der Waals surface area (Å²) < 4.78 is 5.50. The molecule has 14 heteroatoms. The number of rotatable bonds is 13. The van der Waals surface area contributed by atoms with Crippen LogP contribution in [0.1, 0.15) is 37.7 Å². The molecule has 0 aromatic heterocycles. The van der Waals surface area contributed by atoms with Crippen LogP contribution < -0.4 is 16.0 Å². The van der Waals surface area contributed by atoms with Crippen LogP contribution >= 0.6 is 0 Å². The molecule has 38 heavy (non-hydrogen) atoms. The van der Waals surface area contributed by atoms with E-state index in [-0.39, 0.29) is 31.7 Å². The molecule has 1 saturated heterocycles. The Kier molecular flexibility index (Phi) is 11.6. The summed E-state index contributed by atoms with van der Waals surface area (Å²) in [6, 6.07) is 5.64. The first-order valence-electron chi connectivity index (χ1n) is 11.9. The Hall–Kier alpha value is -3.59. The van der Waals surface area contributed by atoms with E-state index in [0.717, 1.165) is 5.56 Å². The third-order valence-electron chi connectivity index (χ3n) is 5.98. The molecule has 1 aliphatic heterocycles. The summed E-state index contributed by atoms with van der Waals surface area (Å²) in [6.07, 6.45) is -9.40. The van der Waals surface area contributed by atoms with Gasteiger partial charge in [-0.3, -0.25) is 19.2 Å². The first kappa shape index (κ1) is 30.6. The van der Waals surface area contributed by atoms with Crippen molar-refractivity contribution in [1.29, 1.82) is 0 Å². The smallest absolute Gasteiger partial charge is 0.326 e. The Labute approximate surface area is 218 Å². The molecule has 210 valence electrons. The summed E-state index contributed by atoms with van der Waals surface area (Å²) in [5.74, 6) is -4.51. The monoisotopic (exact) mass is 539 g/mol. The van der Waals surface area contributed by atoms with Crippen molar-refractivity contribution in [2.75, 3.05) is 11.9 Å². The molecule has 1 aromatic carbocycles. The predicted octanol–water partition coefficient (Wildman–Crippen LogP) is -1.50. The number of carbonyl (C=O) groups excluding carboxylic acids is 3. The van der Waals surface area contributed by atoms with Crippen LogP contribution in [0.25, 0.3) is 0 Å².